The first-order chi connectivity index (χ1) is 9.85. The summed E-state index contributed by atoms with van der Waals surface area (Å²) in [6.45, 7) is 1.48. The third-order valence-electron chi connectivity index (χ3n) is 2.70. The van der Waals surface area contributed by atoms with Gasteiger partial charge in [-0.15, -0.1) is 0 Å². The Bertz CT molecular complexity index is 791. The van der Waals surface area contributed by atoms with E-state index in [-0.39, 0.29) is 27.9 Å². The molecule has 21 heavy (non-hydrogen) atoms. The molecule has 110 valence electrons. The molecule has 0 amide bonds. The number of rotatable bonds is 3. The van der Waals surface area contributed by atoms with Crippen molar-refractivity contribution in [3.05, 3.63) is 49.3 Å². The number of hydrogen-bond donors (Lipinski definition) is 1. The van der Waals surface area contributed by atoms with Crippen molar-refractivity contribution in [2.45, 2.75) is 6.92 Å². The first-order valence-electron chi connectivity index (χ1n) is 5.64. The highest BCUT2D eigenvalue weighted by molar-refractivity contribution is 6.32. The number of nitro groups is 1. The molecule has 0 spiro atoms. The zero-order valence-corrected chi connectivity index (χ0v) is 11.7. The van der Waals surface area contributed by atoms with Gasteiger partial charge in [-0.25, -0.2) is 9.37 Å². The summed E-state index contributed by atoms with van der Waals surface area (Å²) in [7, 11) is 1.18. The molecule has 0 fully saturated rings. The van der Waals surface area contributed by atoms with Crippen LogP contribution < -0.4 is 10.3 Å². The van der Waals surface area contributed by atoms with E-state index in [4.69, 9.17) is 16.3 Å². The molecule has 1 aromatic heterocycles. The van der Waals surface area contributed by atoms with E-state index in [0.29, 0.717) is 0 Å². The first kappa shape index (κ1) is 14.9. The van der Waals surface area contributed by atoms with Crippen molar-refractivity contribution >= 4 is 17.3 Å². The number of methoxy groups -OCH3 is 1. The smallest absolute Gasteiger partial charge is 0.311 e. The summed E-state index contributed by atoms with van der Waals surface area (Å²) >= 11 is 5.80. The molecule has 0 radical (unpaired) electrons. The van der Waals surface area contributed by atoms with E-state index in [0.717, 1.165) is 12.1 Å². The quantitative estimate of drug-likeness (QED) is 0.693. The van der Waals surface area contributed by atoms with Crippen LogP contribution >= 0.6 is 11.6 Å². The maximum Gasteiger partial charge on any atom is 0.311 e. The van der Waals surface area contributed by atoms with Crippen LogP contribution in [0.15, 0.2) is 16.9 Å². The van der Waals surface area contributed by atoms with Crippen LogP contribution in [0.4, 0.5) is 10.1 Å². The summed E-state index contributed by atoms with van der Waals surface area (Å²) in [5.41, 5.74) is -1.52. The zero-order chi connectivity index (χ0) is 15.7. The predicted octanol–water partition coefficient (Wildman–Crippen LogP) is 2.45. The van der Waals surface area contributed by atoms with Crippen LogP contribution in [0.25, 0.3) is 11.3 Å². The molecule has 1 heterocycles. The number of benzene rings is 1. The lowest BCUT2D eigenvalue weighted by Crippen LogP contribution is -2.12. The van der Waals surface area contributed by atoms with Gasteiger partial charge in [0, 0.05) is 17.7 Å². The zero-order valence-electron chi connectivity index (χ0n) is 10.9. The Hall–Kier alpha value is -2.48. The molecule has 2 aromatic rings. The lowest BCUT2D eigenvalue weighted by atomic mass is 10.1. The highest BCUT2D eigenvalue weighted by Crippen LogP contribution is 2.35. The number of aromatic nitrogens is 2. The van der Waals surface area contributed by atoms with Crippen LogP contribution in [0.2, 0.25) is 5.02 Å². The van der Waals surface area contributed by atoms with Gasteiger partial charge in [-0.05, 0) is 6.92 Å². The fourth-order valence-electron chi connectivity index (χ4n) is 1.78. The second-order valence-corrected chi connectivity index (χ2v) is 4.45. The van der Waals surface area contributed by atoms with Gasteiger partial charge in [0.2, 0.25) is 0 Å². The van der Waals surface area contributed by atoms with Gasteiger partial charge in [0.05, 0.1) is 17.7 Å². The highest BCUT2D eigenvalue weighted by Gasteiger charge is 2.23. The Balaban J connectivity index is 2.79. The minimum Gasteiger partial charge on any atom is -0.490 e. The molecular formula is C12H9ClFN3O4. The van der Waals surface area contributed by atoms with Crippen LogP contribution in [-0.2, 0) is 0 Å². The van der Waals surface area contributed by atoms with E-state index in [2.05, 4.69) is 9.97 Å². The summed E-state index contributed by atoms with van der Waals surface area (Å²) in [6.07, 6.45) is 0. The minimum atomic E-state index is -0.836. The molecule has 7 nitrogen and oxygen atoms in total. The number of hydrogen-bond acceptors (Lipinski definition) is 5. The second kappa shape index (κ2) is 5.49. The summed E-state index contributed by atoms with van der Waals surface area (Å²) in [6, 6.07) is 1.78. The molecule has 0 bridgehead atoms. The van der Waals surface area contributed by atoms with Crippen molar-refractivity contribution in [1.82, 2.24) is 9.97 Å². The van der Waals surface area contributed by atoms with Gasteiger partial charge >= 0.3 is 5.69 Å². The van der Waals surface area contributed by atoms with Crippen molar-refractivity contribution in [2.75, 3.05) is 7.11 Å². The molecule has 0 atom stereocenters. The highest BCUT2D eigenvalue weighted by atomic mass is 35.5. The van der Waals surface area contributed by atoms with E-state index in [9.17, 15) is 19.3 Å². The number of aromatic amines is 1. The van der Waals surface area contributed by atoms with E-state index >= 15 is 0 Å². The van der Waals surface area contributed by atoms with Crippen molar-refractivity contribution in [3.8, 4) is 17.0 Å². The molecule has 0 aliphatic carbocycles. The van der Waals surface area contributed by atoms with Gasteiger partial charge in [0.25, 0.3) is 5.56 Å². The lowest BCUT2D eigenvalue weighted by Gasteiger charge is -2.08. The Kier molecular flexibility index (Phi) is 3.90. The number of nitrogens with zero attached hydrogens (tertiary/aromatic N) is 2. The summed E-state index contributed by atoms with van der Waals surface area (Å²) in [5, 5.41) is 10.6. The van der Waals surface area contributed by atoms with Crippen LogP contribution in [0, 0.1) is 22.9 Å². The van der Waals surface area contributed by atoms with Gasteiger partial charge in [0.1, 0.15) is 16.7 Å². The second-order valence-electron chi connectivity index (χ2n) is 4.07. The number of aryl methyl sites for hydroxylation is 1. The van der Waals surface area contributed by atoms with Crippen molar-refractivity contribution in [2.24, 2.45) is 0 Å². The standard InChI is InChI=1S/C12H9ClFN3O4/c1-5-15-11(10(13)12(18)16-5)6-3-8(17(19)20)9(21-2)4-7(6)14/h3-4H,1-2H3,(H,15,16,18). The predicted molar refractivity (Wildman–Crippen MR) is 73.2 cm³/mol. The fourth-order valence-corrected chi connectivity index (χ4v) is 1.97. The van der Waals surface area contributed by atoms with E-state index < -0.39 is 22.0 Å². The molecule has 0 aliphatic heterocycles. The number of ether oxygens (including phenoxy) is 1. The average Bonchev–Trinajstić information content (AvgIpc) is 2.42. The third kappa shape index (κ3) is 2.70. The third-order valence-corrected chi connectivity index (χ3v) is 3.05. The number of nitrogens with one attached hydrogen (secondary N) is 1. The largest absolute Gasteiger partial charge is 0.490 e. The van der Waals surface area contributed by atoms with Crippen molar-refractivity contribution in [1.29, 1.82) is 0 Å². The summed E-state index contributed by atoms with van der Waals surface area (Å²) in [4.78, 5) is 28.1. The first-order valence-corrected chi connectivity index (χ1v) is 6.01. The van der Waals surface area contributed by atoms with E-state index in [1.54, 1.807) is 0 Å². The monoisotopic (exact) mass is 313 g/mol. The molecule has 9 heteroatoms. The van der Waals surface area contributed by atoms with Gasteiger partial charge in [-0.3, -0.25) is 14.9 Å². The molecule has 0 saturated heterocycles. The molecule has 1 aromatic carbocycles. The number of nitro benzene ring substituents is 1. The van der Waals surface area contributed by atoms with Crippen molar-refractivity contribution in [3.63, 3.8) is 0 Å². The Labute approximate surface area is 122 Å². The Morgan fingerprint density at radius 2 is 2.14 bits per heavy atom. The normalized spacial score (nSPS) is 10.5. The van der Waals surface area contributed by atoms with Gasteiger partial charge in [0.15, 0.2) is 5.75 Å². The van der Waals surface area contributed by atoms with E-state index in [1.165, 1.54) is 14.0 Å². The lowest BCUT2D eigenvalue weighted by molar-refractivity contribution is -0.385. The number of H-pyrrole nitrogens is 1. The molecular weight excluding hydrogens is 305 g/mol. The minimum absolute atomic E-state index is 0.166. The van der Waals surface area contributed by atoms with Gasteiger partial charge in [-0.2, -0.15) is 0 Å². The van der Waals surface area contributed by atoms with E-state index in [1.807, 2.05) is 0 Å². The summed E-state index contributed by atoms with van der Waals surface area (Å²) in [5.74, 6) is -0.868. The molecule has 2 rings (SSSR count). The maximum atomic E-state index is 14.1. The molecule has 0 saturated carbocycles. The SMILES string of the molecule is COc1cc(F)c(-c2nc(C)[nH]c(=O)c2Cl)cc1[N+](=O)[O-]. The number of halogens is 2. The maximum absolute atomic E-state index is 14.1. The van der Waals surface area contributed by atoms with Crippen LogP contribution in [-0.4, -0.2) is 22.0 Å². The summed E-state index contributed by atoms with van der Waals surface area (Å²) < 4.78 is 18.8. The van der Waals surface area contributed by atoms with Crippen LogP contribution in [0.3, 0.4) is 0 Å². The molecule has 0 aliphatic rings. The van der Waals surface area contributed by atoms with Crippen LogP contribution in [0.1, 0.15) is 5.82 Å². The fraction of sp³-hybridized carbons (Fsp3) is 0.167. The molecule has 0 unspecified atom stereocenters. The Morgan fingerprint density at radius 1 is 1.48 bits per heavy atom. The average molecular weight is 314 g/mol. The van der Waals surface area contributed by atoms with Gasteiger partial charge in [-0.1, -0.05) is 11.6 Å². The molecule has 1 N–H and O–H groups in total. The topological polar surface area (TPSA) is 98.1 Å². The van der Waals surface area contributed by atoms with Crippen LogP contribution in [0.5, 0.6) is 5.75 Å². The Morgan fingerprint density at radius 3 is 2.71 bits per heavy atom. The van der Waals surface area contributed by atoms with Gasteiger partial charge < -0.3 is 9.72 Å². The van der Waals surface area contributed by atoms with Crippen molar-refractivity contribution < 1.29 is 14.1 Å².